The molecule has 0 aromatic rings. The third-order valence-corrected chi connectivity index (χ3v) is 12.2. The molecule has 0 saturated heterocycles. The van der Waals surface area contributed by atoms with Gasteiger partial charge in [-0.25, -0.2) is 0 Å². The summed E-state index contributed by atoms with van der Waals surface area (Å²) < 4.78 is 10.1. The molecule has 0 heterocycles. The Balaban J connectivity index is -0.000000121. The molecular weight excluding hydrogens is 1210 g/mol. The molecule has 0 amide bonds. The number of aliphatic hydroxyl groups excluding tert-OH is 19. The Morgan fingerprint density at radius 2 is 0.554 bits per heavy atom. The molecule has 0 aliphatic heterocycles. The van der Waals surface area contributed by atoms with Gasteiger partial charge in [0.25, 0.3) is 0 Å². The lowest BCUT2D eigenvalue weighted by atomic mass is 10.2. The van der Waals surface area contributed by atoms with E-state index in [4.69, 9.17) is 106 Å². The number of unbranched alkanes of at least 4 members (excludes halogenated alkanes) is 1. The molecule has 0 aromatic carbocycles. The summed E-state index contributed by atoms with van der Waals surface area (Å²) in [5, 5.41) is 164. The van der Waals surface area contributed by atoms with E-state index in [-0.39, 0.29) is 92.5 Å². The molecular formula is C62H151N9O21. The summed E-state index contributed by atoms with van der Waals surface area (Å²) in [6.45, 7) is 39.8. The van der Waals surface area contributed by atoms with Gasteiger partial charge in [0.2, 0.25) is 0 Å². The molecule has 0 radical (unpaired) electrons. The van der Waals surface area contributed by atoms with Crippen LogP contribution in [0.1, 0.15) is 82.1 Å². The predicted octanol–water partition coefficient (Wildman–Crippen LogP) is -5.81. The Kier molecular flexibility index (Phi) is 112. The van der Waals surface area contributed by atoms with Crippen molar-refractivity contribution in [3.63, 3.8) is 0 Å². The number of ether oxygens (including phenoxy) is 2. The molecule has 0 saturated carbocycles. The van der Waals surface area contributed by atoms with E-state index < -0.39 is 30.5 Å². The standard InChI is InChI=1S/C9H21NO3.2C8H19NO2.C7H17NO3.C7H17NO2.C6H15NO3.2C6H15NO2.C5H13NO2/c1-7(11)4-10(5-8(2)12)6-9(3)13;1-3-9(4-2)5-7-11-8-6-10;1-2-3-4-9(5-7-10)6-8-11;1-7(11)6-8(2-4-9)3-5-10;1-3-8(4-2)5-7(10)6-9;8-4-1-7(2-5-9)3-6-10;1-7(2)3-5-9-6-4-8;1-2-7(3-5-8)4-6-9;1-6(2-4-7)3-5-8/h7-9,11-13H,4-6H2,1-3H3;10H,3-8H2,1-2H3;10-11H,2-8H2,1H3;7,9-11H,2-6H2,1H3;7,9-10H,3-6H2,1-2H3;8-10H,1-6H2;8H,3-6H2,1-2H3;8-9H,2-6H2,1H3;7-8H,2-5H2,1H3. The lowest BCUT2D eigenvalue weighted by molar-refractivity contribution is 0.0530. The van der Waals surface area contributed by atoms with Gasteiger partial charge in [-0.2, -0.15) is 0 Å². The zero-order chi connectivity index (χ0) is 72.6. The Hall–Kier alpha value is -1.20. The number of nitrogens with zero attached hydrogens (tertiary/aromatic N) is 9. The van der Waals surface area contributed by atoms with Gasteiger partial charge in [-0.1, -0.05) is 48.0 Å². The zero-order valence-electron chi connectivity index (χ0n) is 60.3. The molecule has 570 valence electrons. The van der Waals surface area contributed by atoms with Crippen molar-refractivity contribution in [2.45, 2.75) is 113 Å². The van der Waals surface area contributed by atoms with Crippen LogP contribution in [0, 0.1) is 0 Å². The summed E-state index contributed by atoms with van der Waals surface area (Å²) in [6, 6.07) is 0. The zero-order valence-corrected chi connectivity index (χ0v) is 60.3. The van der Waals surface area contributed by atoms with Crippen LogP contribution < -0.4 is 0 Å². The molecule has 30 nitrogen and oxygen atoms in total. The van der Waals surface area contributed by atoms with E-state index >= 15 is 0 Å². The van der Waals surface area contributed by atoms with E-state index in [1.807, 2.05) is 66.4 Å². The highest BCUT2D eigenvalue weighted by atomic mass is 16.5. The minimum absolute atomic E-state index is 0.0622. The molecule has 0 aliphatic rings. The van der Waals surface area contributed by atoms with Crippen LogP contribution in [-0.2, 0) is 9.47 Å². The highest BCUT2D eigenvalue weighted by molar-refractivity contribution is 4.67. The smallest absolute Gasteiger partial charge is 0.0897 e. The van der Waals surface area contributed by atoms with E-state index in [0.29, 0.717) is 125 Å². The molecule has 0 aliphatic carbocycles. The Morgan fingerprint density at radius 1 is 0.272 bits per heavy atom. The van der Waals surface area contributed by atoms with Crippen molar-refractivity contribution in [3.05, 3.63) is 0 Å². The molecule has 5 atom stereocenters. The van der Waals surface area contributed by atoms with Crippen LogP contribution in [0.25, 0.3) is 0 Å². The average molecular weight is 1360 g/mol. The minimum Gasteiger partial charge on any atom is -0.395 e. The molecule has 30 heteroatoms. The van der Waals surface area contributed by atoms with Crippen molar-refractivity contribution in [2.24, 2.45) is 0 Å². The Bertz CT molecular complexity index is 1170. The van der Waals surface area contributed by atoms with E-state index in [0.717, 1.165) is 71.8 Å². The fraction of sp³-hybridized carbons (Fsp3) is 1.00. The number of likely N-dealkylation sites (N-methyl/N-ethyl adjacent to an activating group) is 5. The highest BCUT2D eigenvalue weighted by Gasteiger charge is 2.13. The molecule has 92 heavy (non-hydrogen) atoms. The maximum Gasteiger partial charge on any atom is 0.0897 e. The molecule has 0 aromatic heterocycles. The maximum absolute atomic E-state index is 9.14. The molecule has 0 fully saturated rings. The maximum atomic E-state index is 9.14. The molecule has 5 unspecified atom stereocenters. The van der Waals surface area contributed by atoms with E-state index in [9.17, 15) is 0 Å². The predicted molar refractivity (Wildman–Crippen MR) is 368 cm³/mol. The van der Waals surface area contributed by atoms with Crippen LogP contribution in [0.15, 0.2) is 0 Å². The molecule has 19 N–H and O–H groups in total. The van der Waals surface area contributed by atoms with E-state index in [1.165, 1.54) is 0 Å². The summed E-state index contributed by atoms with van der Waals surface area (Å²) in [5.41, 5.74) is 0. The Labute approximate surface area is 558 Å². The van der Waals surface area contributed by atoms with Gasteiger partial charge in [-0.15, -0.1) is 0 Å². The van der Waals surface area contributed by atoms with Gasteiger partial charge in [-0.05, 0) is 94.5 Å². The van der Waals surface area contributed by atoms with Crippen molar-refractivity contribution in [3.8, 4) is 0 Å². The normalized spacial score (nSPS) is 12.6. The SMILES string of the molecule is CC(O)CN(CC(C)O)CC(C)O.CC(O)CN(CCO)CCO.CCCCN(CCO)CCO.CCN(CC)CC(O)CO.CCN(CC)CCOCCO.CCN(CCO)CCO.CN(C)CCOCCO.CN(CCO)CCO.OCCN(CCO)CCO. The molecule has 0 rings (SSSR count). The first-order valence-corrected chi connectivity index (χ1v) is 33.3. The van der Waals surface area contributed by atoms with Gasteiger partial charge < -0.3 is 126 Å². The van der Waals surface area contributed by atoms with Gasteiger partial charge in [0.1, 0.15) is 0 Å². The minimum atomic E-state index is -0.583. The largest absolute Gasteiger partial charge is 0.395 e. The Morgan fingerprint density at radius 3 is 0.815 bits per heavy atom. The van der Waals surface area contributed by atoms with E-state index in [1.54, 1.807) is 32.6 Å². The average Bonchev–Trinajstić information content (AvgIpc) is 3.61. The van der Waals surface area contributed by atoms with Crippen LogP contribution in [-0.4, -0.2) is 469 Å². The first-order chi connectivity index (χ1) is 43.8. The molecule has 0 bridgehead atoms. The second-order valence-corrected chi connectivity index (χ2v) is 21.5. The van der Waals surface area contributed by atoms with Crippen LogP contribution in [0.4, 0.5) is 0 Å². The summed E-state index contributed by atoms with van der Waals surface area (Å²) in [7, 11) is 5.83. The number of hydrogen-bond donors (Lipinski definition) is 19. The van der Waals surface area contributed by atoms with Gasteiger partial charge in [-0.3, -0.25) is 24.5 Å². The molecule has 0 spiro atoms. The summed E-state index contributed by atoms with van der Waals surface area (Å²) in [5.74, 6) is 0. The van der Waals surface area contributed by atoms with Crippen molar-refractivity contribution in [2.75, 3.05) is 297 Å². The lowest BCUT2D eigenvalue weighted by Gasteiger charge is -2.25. The van der Waals surface area contributed by atoms with Crippen LogP contribution in [0.2, 0.25) is 0 Å². The third kappa shape index (κ3) is 107. The van der Waals surface area contributed by atoms with Crippen molar-refractivity contribution in [1.82, 2.24) is 44.1 Å². The number of aliphatic hydroxyl groups is 19. The first kappa shape index (κ1) is 109. The second kappa shape index (κ2) is 94.0. The summed E-state index contributed by atoms with van der Waals surface area (Å²) in [6.07, 6.45) is 0.00776. The van der Waals surface area contributed by atoms with Crippen LogP contribution >= 0.6 is 0 Å². The van der Waals surface area contributed by atoms with Crippen molar-refractivity contribution < 1.29 is 106 Å². The monoisotopic (exact) mass is 1360 g/mol. The van der Waals surface area contributed by atoms with Gasteiger partial charge >= 0.3 is 0 Å². The number of hydrogen-bond acceptors (Lipinski definition) is 30. The second-order valence-electron chi connectivity index (χ2n) is 21.5. The van der Waals surface area contributed by atoms with Gasteiger partial charge in [0.05, 0.1) is 149 Å². The van der Waals surface area contributed by atoms with Crippen LogP contribution in [0.5, 0.6) is 0 Å². The third-order valence-electron chi connectivity index (χ3n) is 12.2. The topological polar surface area (TPSA) is 432 Å². The summed E-state index contributed by atoms with van der Waals surface area (Å²) in [4.78, 5) is 17.8. The lowest BCUT2D eigenvalue weighted by Crippen LogP contribution is -2.40. The quantitative estimate of drug-likeness (QED) is 0.0252. The number of rotatable bonds is 51. The van der Waals surface area contributed by atoms with Gasteiger partial charge in [0, 0.05) is 118 Å². The van der Waals surface area contributed by atoms with Gasteiger partial charge in [0.15, 0.2) is 0 Å². The fourth-order valence-electron chi connectivity index (χ4n) is 7.37. The fourth-order valence-corrected chi connectivity index (χ4v) is 7.37. The van der Waals surface area contributed by atoms with E-state index in [2.05, 4.69) is 35.5 Å². The van der Waals surface area contributed by atoms with Crippen LogP contribution in [0.3, 0.4) is 0 Å². The van der Waals surface area contributed by atoms with Crippen molar-refractivity contribution >= 4 is 0 Å². The first-order valence-electron chi connectivity index (χ1n) is 33.3. The highest BCUT2D eigenvalue weighted by Crippen LogP contribution is 1.98. The summed E-state index contributed by atoms with van der Waals surface area (Å²) >= 11 is 0. The van der Waals surface area contributed by atoms with Crippen molar-refractivity contribution in [1.29, 1.82) is 0 Å².